The number of hydrogen-bond donors (Lipinski definition) is 0. The normalized spacial score (nSPS) is 15.8. The van der Waals surface area contributed by atoms with Crippen LogP contribution in [0.3, 0.4) is 0 Å². The lowest BCUT2D eigenvalue weighted by molar-refractivity contribution is -0.137. The van der Waals surface area contributed by atoms with Crippen molar-refractivity contribution in [2.75, 3.05) is 31.1 Å². The molecule has 0 aliphatic carbocycles. The Kier molecular flexibility index (Phi) is 5.32. The summed E-state index contributed by atoms with van der Waals surface area (Å²) in [6.07, 6.45) is -3.45. The maximum Gasteiger partial charge on any atom is 0.417 e. The van der Waals surface area contributed by atoms with Gasteiger partial charge in [0.05, 0.1) is 11.3 Å². The van der Waals surface area contributed by atoms with Gasteiger partial charge in [-0.3, -0.25) is 4.90 Å². The first-order chi connectivity index (χ1) is 13.5. The quantitative estimate of drug-likeness (QED) is 0.639. The third-order valence-corrected chi connectivity index (χ3v) is 5.67. The highest BCUT2D eigenvalue weighted by Gasteiger charge is 2.31. The molecule has 0 atom stereocenters. The van der Waals surface area contributed by atoms with E-state index in [4.69, 9.17) is 4.98 Å². The van der Waals surface area contributed by atoms with Crippen molar-refractivity contribution in [3.8, 4) is 10.6 Å². The van der Waals surface area contributed by atoms with Crippen molar-refractivity contribution in [2.24, 2.45) is 0 Å². The molecule has 1 aromatic carbocycles. The van der Waals surface area contributed by atoms with Crippen LogP contribution in [0.1, 0.15) is 11.3 Å². The average molecular weight is 404 g/mol. The number of aromatic nitrogens is 2. The first-order valence-corrected chi connectivity index (χ1v) is 9.87. The van der Waals surface area contributed by atoms with Gasteiger partial charge in [0, 0.05) is 49.9 Å². The molecule has 4 rings (SSSR count). The highest BCUT2D eigenvalue weighted by Crippen LogP contribution is 2.29. The minimum atomic E-state index is -4.35. The fourth-order valence-corrected chi connectivity index (χ4v) is 4.01. The molecule has 1 aliphatic rings. The highest BCUT2D eigenvalue weighted by molar-refractivity contribution is 7.13. The van der Waals surface area contributed by atoms with Gasteiger partial charge in [-0.05, 0) is 12.1 Å². The van der Waals surface area contributed by atoms with Gasteiger partial charge in [-0.1, -0.05) is 30.3 Å². The Bertz CT molecular complexity index is 901. The Morgan fingerprint density at radius 1 is 0.964 bits per heavy atom. The topological polar surface area (TPSA) is 32.3 Å². The van der Waals surface area contributed by atoms with Crippen LogP contribution < -0.4 is 4.90 Å². The van der Waals surface area contributed by atoms with E-state index in [0.29, 0.717) is 5.82 Å². The summed E-state index contributed by atoms with van der Waals surface area (Å²) in [6, 6.07) is 12.6. The molecule has 0 radical (unpaired) electrons. The molecule has 28 heavy (non-hydrogen) atoms. The van der Waals surface area contributed by atoms with Gasteiger partial charge in [0.2, 0.25) is 0 Å². The molecule has 0 saturated carbocycles. The monoisotopic (exact) mass is 404 g/mol. The van der Waals surface area contributed by atoms with Gasteiger partial charge < -0.3 is 4.90 Å². The molecule has 0 bridgehead atoms. The van der Waals surface area contributed by atoms with E-state index >= 15 is 0 Å². The molecule has 1 fully saturated rings. The van der Waals surface area contributed by atoms with Gasteiger partial charge in [-0.2, -0.15) is 13.2 Å². The molecule has 8 heteroatoms. The third-order valence-electron chi connectivity index (χ3n) is 4.73. The van der Waals surface area contributed by atoms with E-state index in [0.717, 1.165) is 61.3 Å². The molecule has 0 unspecified atom stereocenters. The van der Waals surface area contributed by atoms with E-state index in [2.05, 4.69) is 27.4 Å². The predicted molar refractivity (Wildman–Crippen MR) is 104 cm³/mol. The lowest BCUT2D eigenvalue weighted by atomic mass is 10.2. The van der Waals surface area contributed by atoms with E-state index in [-0.39, 0.29) is 0 Å². The fraction of sp³-hybridized carbons (Fsp3) is 0.300. The van der Waals surface area contributed by atoms with Gasteiger partial charge in [-0.15, -0.1) is 11.3 Å². The number of rotatable bonds is 4. The summed E-state index contributed by atoms with van der Waals surface area (Å²) >= 11 is 1.64. The van der Waals surface area contributed by atoms with Gasteiger partial charge in [0.25, 0.3) is 0 Å². The lowest BCUT2D eigenvalue weighted by Gasteiger charge is -2.35. The zero-order chi connectivity index (χ0) is 19.6. The van der Waals surface area contributed by atoms with E-state index < -0.39 is 11.7 Å². The molecule has 0 amide bonds. The van der Waals surface area contributed by atoms with Crippen molar-refractivity contribution < 1.29 is 13.2 Å². The molecule has 2 aromatic heterocycles. The number of thiazole rings is 1. The minimum absolute atomic E-state index is 0.590. The van der Waals surface area contributed by atoms with Gasteiger partial charge in [-0.25, -0.2) is 9.97 Å². The SMILES string of the molecule is FC(F)(F)c1ccc(N2CCN(Cc3csc(-c4ccccc4)n3)CC2)nc1. The molecule has 1 saturated heterocycles. The molecule has 3 aromatic rings. The first kappa shape index (κ1) is 18.9. The second-order valence-corrected chi connectivity index (χ2v) is 7.53. The summed E-state index contributed by atoms with van der Waals surface area (Å²) in [7, 11) is 0. The molecule has 1 aliphatic heterocycles. The summed E-state index contributed by atoms with van der Waals surface area (Å²) in [4.78, 5) is 13.1. The molecule has 0 N–H and O–H groups in total. The van der Waals surface area contributed by atoms with Crippen molar-refractivity contribution in [3.05, 3.63) is 65.3 Å². The van der Waals surface area contributed by atoms with Crippen LogP contribution in [-0.4, -0.2) is 41.0 Å². The molecular weight excluding hydrogens is 385 g/mol. The van der Waals surface area contributed by atoms with Gasteiger partial charge >= 0.3 is 6.18 Å². The molecule has 0 spiro atoms. The van der Waals surface area contributed by atoms with Crippen LogP contribution in [0.15, 0.2) is 54.0 Å². The summed E-state index contributed by atoms with van der Waals surface area (Å²) < 4.78 is 38.0. The minimum Gasteiger partial charge on any atom is -0.354 e. The van der Waals surface area contributed by atoms with Crippen LogP contribution >= 0.6 is 11.3 Å². The molecule has 4 nitrogen and oxygen atoms in total. The standard InChI is InChI=1S/C20H19F3N4S/c21-20(22,23)16-6-7-18(24-12-16)27-10-8-26(9-11-27)13-17-14-28-19(25-17)15-4-2-1-3-5-15/h1-7,12,14H,8-11,13H2. The van der Waals surface area contributed by atoms with Crippen LogP contribution in [-0.2, 0) is 12.7 Å². The van der Waals surface area contributed by atoms with E-state index in [1.165, 1.54) is 6.07 Å². The largest absolute Gasteiger partial charge is 0.417 e. The summed E-state index contributed by atoms with van der Waals surface area (Å²) in [6.45, 7) is 3.88. The Balaban J connectivity index is 1.33. The number of alkyl halides is 3. The van der Waals surface area contributed by atoms with E-state index in [9.17, 15) is 13.2 Å². The van der Waals surface area contributed by atoms with Crippen molar-refractivity contribution in [3.63, 3.8) is 0 Å². The summed E-state index contributed by atoms with van der Waals surface area (Å²) in [5.41, 5.74) is 1.45. The number of hydrogen-bond acceptors (Lipinski definition) is 5. The van der Waals surface area contributed by atoms with Crippen LogP contribution in [0.25, 0.3) is 10.6 Å². The highest BCUT2D eigenvalue weighted by atomic mass is 32.1. The van der Waals surface area contributed by atoms with Gasteiger partial charge in [0.1, 0.15) is 10.8 Å². The third kappa shape index (κ3) is 4.34. The molecule has 146 valence electrons. The number of pyridine rings is 1. The van der Waals surface area contributed by atoms with E-state index in [1.54, 1.807) is 11.3 Å². The Morgan fingerprint density at radius 3 is 2.36 bits per heavy atom. The van der Waals surface area contributed by atoms with Crippen molar-refractivity contribution >= 4 is 17.2 Å². The Labute approximate surface area is 165 Å². The second kappa shape index (κ2) is 7.89. The summed E-state index contributed by atoms with van der Waals surface area (Å²) in [5, 5.41) is 3.11. The summed E-state index contributed by atoms with van der Waals surface area (Å²) in [5.74, 6) is 0.590. The molecule has 3 heterocycles. The van der Waals surface area contributed by atoms with Gasteiger partial charge in [0.15, 0.2) is 0 Å². The second-order valence-electron chi connectivity index (χ2n) is 6.68. The number of anilines is 1. The first-order valence-electron chi connectivity index (χ1n) is 8.99. The number of piperazine rings is 1. The lowest BCUT2D eigenvalue weighted by Crippen LogP contribution is -2.46. The Morgan fingerprint density at radius 2 is 1.71 bits per heavy atom. The average Bonchev–Trinajstić information content (AvgIpc) is 3.17. The van der Waals surface area contributed by atoms with Crippen molar-refractivity contribution in [1.29, 1.82) is 0 Å². The zero-order valence-corrected chi connectivity index (χ0v) is 15.9. The Hall–Kier alpha value is -2.45. The predicted octanol–water partition coefficient (Wildman–Crippen LogP) is 4.55. The number of halogens is 3. The van der Waals surface area contributed by atoms with Crippen LogP contribution in [0.5, 0.6) is 0 Å². The van der Waals surface area contributed by atoms with Crippen molar-refractivity contribution in [1.82, 2.24) is 14.9 Å². The number of nitrogens with zero attached hydrogens (tertiary/aromatic N) is 4. The number of benzene rings is 1. The van der Waals surface area contributed by atoms with Crippen molar-refractivity contribution in [2.45, 2.75) is 12.7 Å². The van der Waals surface area contributed by atoms with Crippen LogP contribution in [0.2, 0.25) is 0 Å². The van der Waals surface area contributed by atoms with Crippen LogP contribution in [0, 0.1) is 0 Å². The maximum absolute atomic E-state index is 12.7. The fourth-order valence-electron chi connectivity index (χ4n) is 3.20. The van der Waals surface area contributed by atoms with E-state index in [1.807, 2.05) is 23.1 Å². The smallest absolute Gasteiger partial charge is 0.354 e. The zero-order valence-electron chi connectivity index (χ0n) is 15.1. The van der Waals surface area contributed by atoms with Crippen LogP contribution in [0.4, 0.5) is 19.0 Å². The maximum atomic E-state index is 12.7. The molecular formula is C20H19F3N4S.